The monoisotopic (exact) mass is 179 g/mol. The summed E-state index contributed by atoms with van der Waals surface area (Å²) in [5.41, 5.74) is 0.278. The summed E-state index contributed by atoms with van der Waals surface area (Å²) in [5.74, 6) is 2.72. The van der Waals surface area contributed by atoms with Crippen molar-refractivity contribution in [3.05, 3.63) is 6.10 Å². The third-order valence-corrected chi connectivity index (χ3v) is 4.17. The molecule has 4 unspecified atom stereocenters. The van der Waals surface area contributed by atoms with Crippen molar-refractivity contribution < 1.29 is 4.74 Å². The zero-order chi connectivity index (χ0) is 9.22. The van der Waals surface area contributed by atoms with E-state index < -0.39 is 0 Å². The first-order chi connectivity index (χ1) is 6.07. The molecule has 0 spiro atoms. The minimum atomic E-state index is 0.278. The van der Waals surface area contributed by atoms with E-state index in [0.717, 1.165) is 17.8 Å². The summed E-state index contributed by atoms with van der Waals surface area (Å²) >= 11 is 0. The van der Waals surface area contributed by atoms with Crippen LogP contribution in [0.4, 0.5) is 0 Å². The summed E-state index contributed by atoms with van der Waals surface area (Å²) in [4.78, 5) is 0. The third-order valence-electron chi connectivity index (χ3n) is 4.17. The largest absolute Gasteiger partial charge is 0.250 e. The fourth-order valence-electron chi connectivity index (χ4n) is 3.73. The molecule has 2 aliphatic carbocycles. The maximum Gasteiger partial charge on any atom is 0.250 e. The van der Waals surface area contributed by atoms with Gasteiger partial charge in [0.05, 0.1) is 0 Å². The molecule has 1 nitrogen and oxygen atoms in total. The normalized spacial score (nSPS) is 47.8. The van der Waals surface area contributed by atoms with Crippen LogP contribution in [0.25, 0.3) is 0 Å². The first-order valence-corrected chi connectivity index (χ1v) is 5.61. The molecule has 4 bridgehead atoms. The van der Waals surface area contributed by atoms with Crippen LogP contribution in [-0.2, 0) is 4.74 Å². The molecule has 3 rings (SSSR count). The Kier molecular flexibility index (Phi) is 1.41. The zero-order valence-corrected chi connectivity index (χ0v) is 8.84. The second kappa shape index (κ2) is 2.25. The van der Waals surface area contributed by atoms with E-state index in [-0.39, 0.29) is 5.41 Å². The number of rotatable bonds is 0. The maximum atomic E-state index is 6.08. The Morgan fingerprint density at radius 1 is 1.23 bits per heavy atom. The van der Waals surface area contributed by atoms with Crippen LogP contribution >= 0.6 is 0 Å². The summed E-state index contributed by atoms with van der Waals surface area (Å²) in [7, 11) is 0. The van der Waals surface area contributed by atoms with Gasteiger partial charge in [0.15, 0.2) is 0 Å². The van der Waals surface area contributed by atoms with Crippen molar-refractivity contribution in [3.63, 3.8) is 0 Å². The summed E-state index contributed by atoms with van der Waals surface area (Å²) in [6, 6.07) is 0. The molecular weight excluding hydrogens is 160 g/mol. The Bertz CT molecular complexity index is 228. The van der Waals surface area contributed by atoms with Crippen molar-refractivity contribution in [1.29, 1.82) is 0 Å². The highest BCUT2D eigenvalue weighted by molar-refractivity contribution is 5.16. The van der Waals surface area contributed by atoms with Crippen molar-refractivity contribution in [2.24, 2.45) is 23.2 Å². The Hall–Kier alpha value is -0.170. The van der Waals surface area contributed by atoms with Crippen LogP contribution in [0.3, 0.4) is 0 Å². The van der Waals surface area contributed by atoms with E-state index in [9.17, 15) is 0 Å². The van der Waals surface area contributed by atoms with Gasteiger partial charge in [-0.3, -0.25) is 0 Å². The molecular formula is C12H19O+. The fourth-order valence-corrected chi connectivity index (χ4v) is 3.73. The van der Waals surface area contributed by atoms with Crippen molar-refractivity contribution in [3.8, 4) is 0 Å². The summed E-state index contributed by atoms with van der Waals surface area (Å²) in [6.45, 7) is 6.88. The molecule has 4 atom stereocenters. The lowest BCUT2D eigenvalue weighted by Gasteiger charge is -2.25. The minimum Gasteiger partial charge on any atom is -0.189 e. The Balaban J connectivity index is 1.89. The average Bonchev–Trinajstić information content (AvgIpc) is 2.65. The smallest absolute Gasteiger partial charge is 0.189 e. The van der Waals surface area contributed by atoms with Crippen LogP contribution in [0, 0.1) is 29.3 Å². The van der Waals surface area contributed by atoms with Crippen molar-refractivity contribution in [2.75, 3.05) is 0 Å². The molecule has 2 saturated carbocycles. The lowest BCUT2D eigenvalue weighted by Crippen LogP contribution is -2.30. The van der Waals surface area contributed by atoms with Gasteiger partial charge in [0.1, 0.15) is 17.4 Å². The van der Waals surface area contributed by atoms with Gasteiger partial charge in [-0.2, -0.15) is 4.74 Å². The minimum absolute atomic E-state index is 0.278. The lowest BCUT2D eigenvalue weighted by atomic mass is 9.77. The molecule has 1 saturated heterocycles. The van der Waals surface area contributed by atoms with Crippen LogP contribution in [-0.4, -0.2) is 6.10 Å². The van der Waals surface area contributed by atoms with Gasteiger partial charge in [-0.15, -0.1) is 0 Å². The molecule has 0 aromatic carbocycles. The SMILES string of the molecule is CC(C)(C)[C+]1OC2CC3CCC2C13. The standard InChI is InChI=1S/C12H19O/c1-12(2,3)11-10-7-4-5-8(10)9(6-7)13-11/h7-10H,4-6H2,1-3H3/q+1. The van der Waals surface area contributed by atoms with Crippen molar-refractivity contribution >= 4 is 0 Å². The van der Waals surface area contributed by atoms with Gasteiger partial charge >= 0.3 is 0 Å². The predicted octanol–water partition coefficient (Wildman–Crippen LogP) is 3.01. The van der Waals surface area contributed by atoms with Gasteiger partial charge in [0.2, 0.25) is 6.10 Å². The quantitative estimate of drug-likeness (QED) is 0.519. The van der Waals surface area contributed by atoms with E-state index in [4.69, 9.17) is 4.74 Å². The van der Waals surface area contributed by atoms with E-state index >= 15 is 0 Å². The average molecular weight is 179 g/mol. The second-order valence-corrected chi connectivity index (χ2v) is 6.03. The molecule has 0 aromatic heterocycles. The van der Waals surface area contributed by atoms with Crippen LogP contribution in [0.1, 0.15) is 40.0 Å². The molecule has 3 aliphatic rings. The summed E-state index contributed by atoms with van der Waals surface area (Å²) in [6.07, 6.45) is 6.29. The van der Waals surface area contributed by atoms with Gasteiger partial charge in [-0.1, -0.05) is 0 Å². The van der Waals surface area contributed by atoms with E-state index in [2.05, 4.69) is 20.8 Å². The number of hydrogen-bond donors (Lipinski definition) is 0. The first-order valence-electron chi connectivity index (χ1n) is 5.61. The Morgan fingerprint density at radius 2 is 2.00 bits per heavy atom. The van der Waals surface area contributed by atoms with Gasteiger partial charge in [0.25, 0.3) is 0 Å². The Labute approximate surface area is 80.8 Å². The molecule has 0 N–H and O–H groups in total. The van der Waals surface area contributed by atoms with Crippen molar-refractivity contribution in [1.82, 2.24) is 0 Å². The summed E-state index contributed by atoms with van der Waals surface area (Å²) < 4.78 is 6.08. The van der Waals surface area contributed by atoms with Crippen molar-refractivity contribution in [2.45, 2.75) is 46.1 Å². The molecule has 0 amide bonds. The van der Waals surface area contributed by atoms with Crippen LogP contribution in [0.2, 0.25) is 0 Å². The highest BCUT2D eigenvalue weighted by Crippen LogP contribution is 2.63. The molecule has 1 aliphatic heterocycles. The highest BCUT2D eigenvalue weighted by Gasteiger charge is 2.69. The topological polar surface area (TPSA) is 9.23 Å². The number of ether oxygens (including phenoxy) is 1. The second-order valence-electron chi connectivity index (χ2n) is 6.03. The molecule has 0 aromatic rings. The molecule has 72 valence electrons. The molecule has 0 radical (unpaired) electrons. The van der Waals surface area contributed by atoms with E-state index in [0.29, 0.717) is 6.10 Å². The Morgan fingerprint density at radius 3 is 2.54 bits per heavy atom. The van der Waals surface area contributed by atoms with Crippen LogP contribution in [0.5, 0.6) is 0 Å². The highest BCUT2D eigenvalue weighted by atomic mass is 16.5. The predicted molar refractivity (Wildman–Crippen MR) is 51.9 cm³/mol. The van der Waals surface area contributed by atoms with E-state index in [1.165, 1.54) is 25.4 Å². The first kappa shape index (κ1) is 8.16. The third kappa shape index (κ3) is 0.942. The molecule has 1 heterocycles. The summed E-state index contributed by atoms with van der Waals surface area (Å²) in [5, 5.41) is 0. The number of hydrogen-bond acceptors (Lipinski definition) is 1. The van der Waals surface area contributed by atoms with Crippen LogP contribution in [0.15, 0.2) is 0 Å². The molecule has 13 heavy (non-hydrogen) atoms. The van der Waals surface area contributed by atoms with E-state index in [1.807, 2.05) is 0 Å². The van der Waals surface area contributed by atoms with Gasteiger partial charge in [0, 0.05) is 11.8 Å². The lowest BCUT2D eigenvalue weighted by molar-refractivity contribution is -0.00323. The molecule has 3 fully saturated rings. The van der Waals surface area contributed by atoms with Gasteiger partial charge in [-0.05, 0) is 40.0 Å². The zero-order valence-electron chi connectivity index (χ0n) is 8.84. The van der Waals surface area contributed by atoms with Gasteiger partial charge < -0.3 is 0 Å². The molecule has 1 heteroatoms. The fraction of sp³-hybridized carbons (Fsp3) is 0.917. The maximum absolute atomic E-state index is 6.08. The van der Waals surface area contributed by atoms with E-state index in [1.54, 1.807) is 0 Å². The van der Waals surface area contributed by atoms with Gasteiger partial charge in [-0.25, -0.2) is 0 Å². The van der Waals surface area contributed by atoms with Crippen LogP contribution < -0.4 is 0 Å².